The number of hydrogen-bond acceptors (Lipinski definition) is 2. The molecule has 1 unspecified atom stereocenters. The van der Waals surface area contributed by atoms with Crippen molar-refractivity contribution in [1.82, 2.24) is 5.32 Å². The van der Waals surface area contributed by atoms with Gasteiger partial charge in [0.05, 0.1) is 11.5 Å². The Kier molecular flexibility index (Phi) is 4.30. The molecule has 1 aromatic rings. The van der Waals surface area contributed by atoms with E-state index in [2.05, 4.69) is 5.32 Å². The van der Waals surface area contributed by atoms with Crippen molar-refractivity contribution in [1.29, 1.82) is 0 Å². The number of rotatable bonds is 4. The van der Waals surface area contributed by atoms with Crippen LogP contribution in [0.1, 0.15) is 17.3 Å². The molecule has 0 saturated carbocycles. The number of carboxylic acid groups (broad SMARTS) is 1. The van der Waals surface area contributed by atoms with Crippen LogP contribution in [-0.2, 0) is 4.79 Å². The van der Waals surface area contributed by atoms with E-state index in [-0.39, 0.29) is 6.54 Å². The third-order valence-corrected chi connectivity index (χ3v) is 2.27. The molecule has 18 heavy (non-hydrogen) atoms. The third-order valence-electron chi connectivity index (χ3n) is 2.27. The van der Waals surface area contributed by atoms with Crippen molar-refractivity contribution < 1.29 is 27.9 Å². The van der Waals surface area contributed by atoms with E-state index >= 15 is 0 Å². The molecule has 0 heterocycles. The molecule has 7 heteroatoms. The van der Waals surface area contributed by atoms with Gasteiger partial charge in [-0.25, -0.2) is 13.2 Å². The lowest BCUT2D eigenvalue weighted by molar-refractivity contribution is -0.140. The Labute approximate surface area is 100 Å². The second-order valence-corrected chi connectivity index (χ2v) is 3.67. The fourth-order valence-corrected chi connectivity index (χ4v) is 1.13. The highest BCUT2D eigenvalue weighted by Gasteiger charge is 2.20. The molecule has 1 aromatic carbocycles. The largest absolute Gasteiger partial charge is 0.481 e. The van der Waals surface area contributed by atoms with Crippen LogP contribution in [0.3, 0.4) is 0 Å². The molecule has 1 amide bonds. The Bertz CT molecular complexity index is 491. The number of carbonyl (C=O) groups excluding carboxylic acids is 1. The van der Waals surface area contributed by atoms with Crippen LogP contribution < -0.4 is 5.32 Å². The summed E-state index contributed by atoms with van der Waals surface area (Å²) in [6.45, 7) is 1.09. The van der Waals surface area contributed by atoms with E-state index in [9.17, 15) is 22.8 Å². The van der Waals surface area contributed by atoms with Gasteiger partial charge in [-0.05, 0) is 12.1 Å². The number of halogens is 3. The first-order chi connectivity index (χ1) is 8.34. The van der Waals surface area contributed by atoms with Gasteiger partial charge < -0.3 is 10.4 Å². The first-order valence-electron chi connectivity index (χ1n) is 4.99. The van der Waals surface area contributed by atoms with Gasteiger partial charge >= 0.3 is 5.97 Å². The average Bonchev–Trinajstić information content (AvgIpc) is 2.32. The second kappa shape index (κ2) is 5.52. The van der Waals surface area contributed by atoms with Gasteiger partial charge in [0.1, 0.15) is 0 Å². The quantitative estimate of drug-likeness (QED) is 0.808. The number of aliphatic carboxylic acids is 1. The Morgan fingerprint density at radius 1 is 1.28 bits per heavy atom. The zero-order valence-corrected chi connectivity index (χ0v) is 9.34. The van der Waals surface area contributed by atoms with E-state index < -0.39 is 40.8 Å². The van der Waals surface area contributed by atoms with Crippen molar-refractivity contribution in [3.05, 3.63) is 35.1 Å². The van der Waals surface area contributed by atoms with E-state index in [1.54, 1.807) is 0 Å². The maximum atomic E-state index is 13.2. The van der Waals surface area contributed by atoms with Crippen molar-refractivity contribution in [3.8, 4) is 0 Å². The normalized spacial score (nSPS) is 12.0. The molecule has 1 rings (SSSR count). The summed E-state index contributed by atoms with van der Waals surface area (Å²) in [5.74, 6) is -7.75. The van der Waals surface area contributed by atoms with Gasteiger partial charge in [0, 0.05) is 6.54 Å². The maximum Gasteiger partial charge on any atom is 0.308 e. The highest BCUT2D eigenvalue weighted by atomic mass is 19.2. The minimum atomic E-state index is -1.74. The predicted octanol–water partition coefficient (Wildman–Crippen LogP) is 1.55. The Hall–Kier alpha value is -2.05. The van der Waals surface area contributed by atoms with Gasteiger partial charge in [-0.3, -0.25) is 9.59 Å². The number of carbonyl (C=O) groups is 2. The highest BCUT2D eigenvalue weighted by molar-refractivity contribution is 5.94. The molecule has 0 radical (unpaired) electrons. The van der Waals surface area contributed by atoms with Crippen molar-refractivity contribution in [2.75, 3.05) is 6.54 Å². The van der Waals surface area contributed by atoms with E-state index in [0.29, 0.717) is 6.07 Å². The van der Waals surface area contributed by atoms with Crippen molar-refractivity contribution in [2.24, 2.45) is 5.92 Å². The molecule has 1 atom stereocenters. The minimum absolute atomic E-state index is 0.243. The SMILES string of the molecule is CC(CNC(=O)c1ccc(F)c(F)c1F)C(=O)O. The van der Waals surface area contributed by atoms with Crippen LogP contribution in [0, 0.1) is 23.4 Å². The molecule has 2 N–H and O–H groups in total. The van der Waals surface area contributed by atoms with Gasteiger partial charge in [0.25, 0.3) is 5.91 Å². The summed E-state index contributed by atoms with van der Waals surface area (Å²) in [7, 11) is 0. The Balaban J connectivity index is 2.80. The lowest BCUT2D eigenvalue weighted by Gasteiger charge is -2.09. The van der Waals surface area contributed by atoms with Crippen LogP contribution >= 0.6 is 0 Å². The second-order valence-electron chi connectivity index (χ2n) is 3.67. The van der Waals surface area contributed by atoms with E-state index in [0.717, 1.165) is 6.07 Å². The van der Waals surface area contributed by atoms with Crippen molar-refractivity contribution >= 4 is 11.9 Å². The predicted molar refractivity (Wildman–Crippen MR) is 55.4 cm³/mol. The van der Waals surface area contributed by atoms with Gasteiger partial charge in [-0.1, -0.05) is 6.92 Å². The van der Waals surface area contributed by atoms with Crippen molar-refractivity contribution in [3.63, 3.8) is 0 Å². The Morgan fingerprint density at radius 2 is 1.89 bits per heavy atom. The monoisotopic (exact) mass is 261 g/mol. The zero-order chi connectivity index (χ0) is 13.9. The minimum Gasteiger partial charge on any atom is -0.481 e. The molecule has 0 aliphatic carbocycles. The molecular formula is C11H10F3NO3. The molecule has 0 fully saturated rings. The average molecular weight is 261 g/mol. The maximum absolute atomic E-state index is 13.2. The van der Waals surface area contributed by atoms with Crippen LogP contribution in [0.25, 0.3) is 0 Å². The third kappa shape index (κ3) is 2.99. The summed E-state index contributed by atoms with van der Waals surface area (Å²) < 4.78 is 38.7. The lowest BCUT2D eigenvalue weighted by Crippen LogP contribution is -2.32. The molecule has 0 bridgehead atoms. The standard InChI is InChI=1S/C11H10F3NO3/c1-5(11(17)18)4-15-10(16)6-2-3-7(12)9(14)8(6)13/h2-3,5H,4H2,1H3,(H,15,16)(H,17,18). The number of amides is 1. The van der Waals surface area contributed by atoms with Crippen LogP contribution in [0.5, 0.6) is 0 Å². The zero-order valence-electron chi connectivity index (χ0n) is 9.34. The number of nitrogens with one attached hydrogen (secondary N) is 1. The number of hydrogen-bond donors (Lipinski definition) is 2. The first kappa shape index (κ1) is 14.0. The molecule has 98 valence electrons. The smallest absolute Gasteiger partial charge is 0.308 e. The molecule has 4 nitrogen and oxygen atoms in total. The molecule has 0 aromatic heterocycles. The van der Waals surface area contributed by atoms with Gasteiger partial charge in [0.2, 0.25) is 0 Å². The van der Waals surface area contributed by atoms with E-state index in [1.165, 1.54) is 6.92 Å². The number of benzene rings is 1. The molecule has 0 aliphatic heterocycles. The summed E-state index contributed by atoms with van der Waals surface area (Å²) in [6, 6.07) is 1.41. The Morgan fingerprint density at radius 3 is 2.44 bits per heavy atom. The topological polar surface area (TPSA) is 66.4 Å². The van der Waals surface area contributed by atoms with Crippen LogP contribution in [0.15, 0.2) is 12.1 Å². The lowest BCUT2D eigenvalue weighted by atomic mass is 10.1. The molecular weight excluding hydrogens is 251 g/mol. The van der Waals surface area contributed by atoms with E-state index in [4.69, 9.17) is 5.11 Å². The van der Waals surface area contributed by atoms with Crippen LogP contribution in [-0.4, -0.2) is 23.5 Å². The molecule has 0 spiro atoms. The summed E-state index contributed by atoms with van der Waals surface area (Å²) in [4.78, 5) is 21.9. The summed E-state index contributed by atoms with van der Waals surface area (Å²) >= 11 is 0. The van der Waals surface area contributed by atoms with Crippen LogP contribution in [0.2, 0.25) is 0 Å². The van der Waals surface area contributed by atoms with Crippen LogP contribution in [0.4, 0.5) is 13.2 Å². The first-order valence-corrected chi connectivity index (χ1v) is 4.99. The molecule has 0 aliphatic rings. The fourth-order valence-electron chi connectivity index (χ4n) is 1.13. The highest BCUT2D eigenvalue weighted by Crippen LogP contribution is 2.15. The number of carboxylic acids is 1. The fraction of sp³-hybridized carbons (Fsp3) is 0.273. The van der Waals surface area contributed by atoms with E-state index in [1.807, 2.05) is 0 Å². The van der Waals surface area contributed by atoms with Crippen molar-refractivity contribution in [2.45, 2.75) is 6.92 Å². The summed E-state index contributed by atoms with van der Waals surface area (Å²) in [5, 5.41) is 10.7. The summed E-state index contributed by atoms with van der Waals surface area (Å²) in [5.41, 5.74) is -0.675. The van der Waals surface area contributed by atoms with Gasteiger partial charge in [-0.15, -0.1) is 0 Å². The van der Waals surface area contributed by atoms with Gasteiger partial charge in [0.15, 0.2) is 17.5 Å². The summed E-state index contributed by atoms with van der Waals surface area (Å²) in [6.07, 6.45) is 0. The van der Waals surface area contributed by atoms with Gasteiger partial charge in [-0.2, -0.15) is 0 Å². The molecule has 0 saturated heterocycles.